The van der Waals surface area contributed by atoms with Gasteiger partial charge in [-0.3, -0.25) is 9.69 Å². The van der Waals surface area contributed by atoms with E-state index in [9.17, 15) is 9.59 Å². The van der Waals surface area contributed by atoms with Crippen LogP contribution in [0.25, 0.3) is 0 Å². The Labute approximate surface area is 82.8 Å². The van der Waals surface area contributed by atoms with Crippen molar-refractivity contribution in [2.24, 2.45) is 5.92 Å². The maximum Gasteiger partial charge on any atom is 0.324 e. The fourth-order valence-corrected chi connectivity index (χ4v) is 1.96. The summed E-state index contributed by atoms with van der Waals surface area (Å²) in [6, 6.07) is -0.228. The van der Waals surface area contributed by atoms with E-state index in [1.165, 1.54) is 4.90 Å². The lowest BCUT2D eigenvalue weighted by atomic mass is 9.98. The van der Waals surface area contributed by atoms with Crippen LogP contribution in [0.5, 0.6) is 0 Å². The van der Waals surface area contributed by atoms with Crippen LogP contribution in [-0.4, -0.2) is 43.0 Å². The lowest BCUT2D eigenvalue weighted by molar-refractivity contribution is -0.125. The highest BCUT2D eigenvalue weighted by Crippen LogP contribution is 2.14. The van der Waals surface area contributed by atoms with Crippen molar-refractivity contribution in [2.45, 2.75) is 12.8 Å². The molecular formula is C9H15N3O2. The molecule has 2 aliphatic heterocycles. The number of hydrogen-bond donors (Lipinski definition) is 2. The molecule has 5 nitrogen and oxygen atoms in total. The lowest BCUT2D eigenvalue weighted by Gasteiger charge is -2.25. The van der Waals surface area contributed by atoms with Crippen LogP contribution in [0.1, 0.15) is 12.8 Å². The van der Waals surface area contributed by atoms with Crippen molar-refractivity contribution in [1.82, 2.24) is 15.5 Å². The van der Waals surface area contributed by atoms with Gasteiger partial charge in [-0.25, -0.2) is 4.79 Å². The van der Waals surface area contributed by atoms with E-state index in [0.717, 1.165) is 25.9 Å². The van der Waals surface area contributed by atoms with E-state index < -0.39 is 0 Å². The lowest BCUT2D eigenvalue weighted by Crippen LogP contribution is -2.39. The fraction of sp³-hybridized carbons (Fsp3) is 0.778. The number of rotatable bonds is 2. The second-order valence-electron chi connectivity index (χ2n) is 3.86. The topological polar surface area (TPSA) is 61.4 Å². The summed E-state index contributed by atoms with van der Waals surface area (Å²) in [7, 11) is 0. The molecule has 2 fully saturated rings. The van der Waals surface area contributed by atoms with Crippen LogP contribution in [0.4, 0.5) is 4.79 Å². The molecule has 0 spiro atoms. The number of carbonyl (C=O) groups excluding carboxylic acids is 2. The molecule has 2 heterocycles. The van der Waals surface area contributed by atoms with Crippen LogP contribution >= 0.6 is 0 Å². The normalized spacial score (nSPS) is 24.1. The van der Waals surface area contributed by atoms with Crippen LogP contribution < -0.4 is 10.6 Å². The number of hydrogen-bond acceptors (Lipinski definition) is 3. The van der Waals surface area contributed by atoms with Crippen LogP contribution in [-0.2, 0) is 4.79 Å². The molecule has 0 unspecified atom stereocenters. The van der Waals surface area contributed by atoms with E-state index in [1.54, 1.807) is 0 Å². The summed E-state index contributed by atoms with van der Waals surface area (Å²) in [4.78, 5) is 23.9. The zero-order valence-electron chi connectivity index (χ0n) is 8.08. The Bertz CT molecular complexity index is 232. The van der Waals surface area contributed by atoms with Crippen LogP contribution in [0, 0.1) is 5.92 Å². The average Bonchev–Trinajstić information content (AvgIpc) is 2.51. The zero-order valence-corrected chi connectivity index (χ0v) is 8.08. The van der Waals surface area contributed by atoms with Gasteiger partial charge in [0.25, 0.3) is 0 Å². The highest BCUT2D eigenvalue weighted by atomic mass is 16.2. The minimum absolute atomic E-state index is 0.0893. The second kappa shape index (κ2) is 3.96. The molecule has 2 aliphatic rings. The SMILES string of the molecule is O=C1CNC(=O)N1CC1CCNCC1. The summed E-state index contributed by atoms with van der Waals surface area (Å²) in [6.07, 6.45) is 2.11. The molecule has 0 aromatic carbocycles. The molecule has 0 radical (unpaired) electrons. The van der Waals surface area contributed by atoms with E-state index in [4.69, 9.17) is 0 Å². The van der Waals surface area contributed by atoms with Gasteiger partial charge in [0, 0.05) is 6.54 Å². The van der Waals surface area contributed by atoms with Crippen molar-refractivity contribution in [3.63, 3.8) is 0 Å². The summed E-state index contributed by atoms with van der Waals surface area (Å²) in [5.41, 5.74) is 0. The van der Waals surface area contributed by atoms with Gasteiger partial charge < -0.3 is 10.6 Å². The quantitative estimate of drug-likeness (QED) is 0.589. The number of piperidine rings is 1. The summed E-state index contributed by atoms with van der Waals surface area (Å²) in [5.74, 6) is 0.387. The molecule has 0 atom stereocenters. The molecule has 2 saturated heterocycles. The third-order valence-electron chi connectivity index (χ3n) is 2.84. The number of imide groups is 1. The van der Waals surface area contributed by atoms with Gasteiger partial charge in [-0.05, 0) is 31.8 Å². The maximum atomic E-state index is 11.3. The molecule has 2 N–H and O–H groups in total. The Balaban J connectivity index is 1.89. The van der Waals surface area contributed by atoms with Crippen molar-refractivity contribution in [3.8, 4) is 0 Å². The molecule has 0 aliphatic carbocycles. The largest absolute Gasteiger partial charge is 0.329 e. The van der Waals surface area contributed by atoms with Crippen LogP contribution in [0.3, 0.4) is 0 Å². The number of nitrogens with zero attached hydrogens (tertiary/aromatic N) is 1. The van der Waals surface area contributed by atoms with Gasteiger partial charge in [0.15, 0.2) is 0 Å². The number of amides is 3. The Morgan fingerprint density at radius 2 is 2.00 bits per heavy atom. The molecule has 14 heavy (non-hydrogen) atoms. The third-order valence-corrected chi connectivity index (χ3v) is 2.84. The predicted octanol–water partition coefficient (Wildman–Crippen LogP) is -0.462. The first-order valence-corrected chi connectivity index (χ1v) is 5.06. The van der Waals surface area contributed by atoms with E-state index in [0.29, 0.717) is 12.5 Å². The molecule has 0 bridgehead atoms. The van der Waals surface area contributed by atoms with Gasteiger partial charge >= 0.3 is 6.03 Å². The van der Waals surface area contributed by atoms with Crippen molar-refractivity contribution >= 4 is 11.9 Å². The Hall–Kier alpha value is -1.10. The Kier molecular flexibility index (Phi) is 2.67. The second-order valence-corrected chi connectivity index (χ2v) is 3.86. The van der Waals surface area contributed by atoms with Gasteiger partial charge in [0.2, 0.25) is 5.91 Å². The first-order valence-electron chi connectivity index (χ1n) is 5.06. The molecule has 0 aromatic heterocycles. The van der Waals surface area contributed by atoms with E-state index in [2.05, 4.69) is 10.6 Å². The summed E-state index contributed by atoms with van der Waals surface area (Å²) < 4.78 is 0. The molecule has 0 saturated carbocycles. The maximum absolute atomic E-state index is 11.3. The fourth-order valence-electron chi connectivity index (χ4n) is 1.96. The smallest absolute Gasteiger partial charge is 0.324 e. The average molecular weight is 197 g/mol. The summed E-state index contributed by atoms with van der Waals surface area (Å²) >= 11 is 0. The van der Waals surface area contributed by atoms with Crippen molar-refractivity contribution < 1.29 is 9.59 Å². The Morgan fingerprint density at radius 1 is 1.29 bits per heavy atom. The molecule has 5 heteroatoms. The van der Waals surface area contributed by atoms with Gasteiger partial charge in [-0.1, -0.05) is 0 Å². The first kappa shape index (κ1) is 9.45. The molecule has 78 valence electrons. The summed E-state index contributed by atoms with van der Waals surface area (Å²) in [6.45, 7) is 2.75. The predicted molar refractivity (Wildman–Crippen MR) is 50.7 cm³/mol. The minimum Gasteiger partial charge on any atom is -0.329 e. The van der Waals surface area contributed by atoms with E-state index in [-0.39, 0.29) is 18.5 Å². The van der Waals surface area contributed by atoms with Crippen molar-refractivity contribution in [1.29, 1.82) is 0 Å². The zero-order chi connectivity index (χ0) is 9.97. The molecule has 0 aromatic rings. The van der Waals surface area contributed by atoms with Crippen molar-refractivity contribution in [3.05, 3.63) is 0 Å². The van der Waals surface area contributed by atoms with E-state index in [1.807, 2.05) is 0 Å². The van der Waals surface area contributed by atoms with Crippen LogP contribution in [0.15, 0.2) is 0 Å². The Morgan fingerprint density at radius 3 is 2.57 bits per heavy atom. The van der Waals surface area contributed by atoms with Gasteiger partial charge in [-0.15, -0.1) is 0 Å². The van der Waals surface area contributed by atoms with Crippen molar-refractivity contribution in [2.75, 3.05) is 26.2 Å². The molecule has 3 amide bonds. The van der Waals surface area contributed by atoms with Gasteiger partial charge in [0.05, 0.1) is 6.54 Å². The number of carbonyl (C=O) groups is 2. The number of nitrogens with one attached hydrogen (secondary N) is 2. The van der Waals surface area contributed by atoms with Gasteiger partial charge in [0.1, 0.15) is 0 Å². The number of urea groups is 1. The summed E-state index contributed by atoms with van der Waals surface area (Å²) in [5, 5.41) is 5.79. The highest BCUT2D eigenvalue weighted by molar-refractivity contribution is 6.01. The monoisotopic (exact) mass is 197 g/mol. The molecule has 2 rings (SSSR count). The van der Waals surface area contributed by atoms with Gasteiger partial charge in [-0.2, -0.15) is 0 Å². The van der Waals surface area contributed by atoms with Crippen LogP contribution in [0.2, 0.25) is 0 Å². The van der Waals surface area contributed by atoms with E-state index >= 15 is 0 Å². The third kappa shape index (κ3) is 1.87. The first-order chi connectivity index (χ1) is 6.77. The standard InChI is InChI=1S/C9H15N3O2/c13-8-5-11-9(14)12(8)6-7-1-3-10-4-2-7/h7,10H,1-6H2,(H,11,14). The molecular weight excluding hydrogens is 182 g/mol. The highest BCUT2D eigenvalue weighted by Gasteiger charge is 2.30. The minimum atomic E-state index is -0.228.